The molecule has 0 fully saturated rings. The van der Waals surface area contributed by atoms with Gasteiger partial charge in [-0.2, -0.15) is 0 Å². The number of imidazole rings is 1. The number of amides is 2. The molecule has 7 nitrogen and oxygen atoms in total. The number of benzene rings is 2. The number of hydrogen-bond acceptors (Lipinski definition) is 3. The van der Waals surface area contributed by atoms with Gasteiger partial charge < -0.3 is 10.6 Å². The topological polar surface area (TPSA) is 85.1 Å². The molecular weight excluding hydrogens is 380 g/mol. The van der Waals surface area contributed by atoms with Crippen molar-refractivity contribution in [2.75, 3.05) is 0 Å². The number of hydrogen-bond donors (Lipinski definition) is 2. The number of aryl methyl sites for hydroxylation is 2. The Bertz CT molecular complexity index is 1110. The van der Waals surface area contributed by atoms with Crippen LogP contribution in [0.4, 0.5) is 0 Å². The van der Waals surface area contributed by atoms with Gasteiger partial charge in [0.25, 0.3) is 5.91 Å². The summed E-state index contributed by atoms with van der Waals surface area (Å²) in [6.45, 7) is 4.61. The first-order valence-corrected chi connectivity index (χ1v) is 10.2. The first kappa shape index (κ1) is 21.4. The number of fused-ring (bicyclic) bond motifs is 1. The standard InChI is InChI=1S/C23H28N4O3/c1-4-16(2)25-22(29)18-9-7-8-17(14-18)15-24-21(28)12-13-27-20-11-6-5-10-19(20)26(3)23(27)30/h5-11,14,16H,4,12-13,15H2,1-3H3,(H,24,28)(H,25,29)/t16-/m1/s1. The average molecular weight is 409 g/mol. The molecular formula is C23H28N4O3. The molecule has 3 aromatic rings. The summed E-state index contributed by atoms with van der Waals surface area (Å²) in [6, 6.07) is 14.9. The molecule has 3 rings (SSSR count). The second-order valence-electron chi connectivity index (χ2n) is 7.49. The fourth-order valence-corrected chi connectivity index (χ4v) is 3.31. The van der Waals surface area contributed by atoms with Crippen LogP contribution in [0.3, 0.4) is 0 Å². The summed E-state index contributed by atoms with van der Waals surface area (Å²) < 4.78 is 3.21. The Hall–Kier alpha value is -3.35. The van der Waals surface area contributed by atoms with Crippen LogP contribution in [0.25, 0.3) is 11.0 Å². The van der Waals surface area contributed by atoms with Crippen molar-refractivity contribution in [3.8, 4) is 0 Å². The van der Waals surface area contributed by atoms with Crippen LogP contribution in [-0.4, -0.2) is 27.0 Å². The Labute approximate surface area is 175 Å². The molecule has 0 saturated carbocycles. The van der Waals surface area contributed by atoms with Gasteiger partial charge >= 0.3 is 5.69 Å². The monoisotopic (exact) mass is 408 g/mol. The van der Waals surface area contributed by atoms with E-state index < -0.39 is 0 Å². The molecule has 0 aliphatic carbocycles. The molecule has 2 N–H and O–H groups in total. The first-order chi connectivity index (χ1) is 14.4. The Morgan fingerprint density at radius 3 is 2.53 bits per heavy atom. The van der Waals surface area contributed by atoms with Gasteiger partial charge in [-0.15, -0.1) is 0 Å². The molecule has 1 atom stereocenters. The van der Waals surface area contributed by atoms with Gasteiger partial charge in [0.05, 0.1) is 11.0 Å². The zero-order valence-electron chi connectivity index (χ0n) is 17.6. The van der Waals surface area contributed by atoms with Crippen molar-refractivity contribution in [1.29, 1.82) is 0 Å². The maximum atomic E-state index is 12.4. The fraction of sp³-hybridized carbons (Fsp3) is 0.348. The third kappa shape index (κ3) is 4.79. The van der Waals surface area contributed by atoms with Crippen molar-refractivity contribution in [2.45, 2.75) is 45.8 Å². The predicted molar refractivity (Wildman–Crippen MR) is 117 cm³/mol. The van der Waals surface area contributed by atoms with Crippen LogP contribution in [0.2, 0.25) is 0 Å². The summed E-state index contributed by atoms with van der Waals surface area (Å²) in [5.41, 5.74) is 2.95. The van der Waals surface area contributed by atoms with Gasteiger partial charge in [0, 0.05) is 38.2 Å². The van der Waals surface area contributed by atoms with E-state index >= 15 is 0 Å². The van der Waals surface area contributed by atoms with Crippen LogP contribution in [0.5, 0.6) is 0 Å². The van der Waals surface area contributed by atoms with E-state index in [9.17, 15) is 14.4 Å². The number of aromatic nitrogens is 2. The van der Waals surface area contributed by atoms with Crippen molar-refractivity contribution < 1.29 is 9.59 Å². The number of para-hydroxylation sites is 2. The van der Waals surface area contributed by atoms with Gasteiger partial charge in [-0.1, -0.05) is 31.2 Å². The van der Waals surface area contributed by atoms with Crippen molar-refractivity contribution in [3.63, 3.8) is 0 Å². The number of nitrogens with zero attached hydrogens (tertiary/aromatic N) is 2. The maximum absolute atomic E-state index is 12.4. The summed E-state index contributed by atoms with van der Waals surface area (Å²) in [5, 5.41) is 5.81. The smallest absolute Gasteiger partial charge is 0.328 e. The lowest BCUT2D eigenvalue weighted by Gasteiger charge is -2.12. The van der Waals surface area contributed by atoms with Gasteiger partial charge in [0.15, 0.2) is 0 Å². The van der Waals surface area contributed by atoms with Crippen LogP contribution in [-0.2, 0) is 24.9 Å². The molecule has 7 heteroatoms. The lowest BCUT2D eigenvalue weighted by molar-refractivity contribution is -0.121. The molecule has 30 heavy (non-hydrogen) atoms. The number of rotatable bonds is 8. The lowest BCUT2D eigenvalue weighted by Crippen LogP contribution is -2.32. The van der Waals surface area contributed by atoms with Crippen molar-refractivity contribution in [3.05, 3.63) is 70.1 Å². The molecule has 0 bridgehead atoms. The predicted octanol–water partition coefficient (Wildman–Crippen LogP) is 2.57. The fourth-order valence-electron chi connectivity index (χ4n) is 3.31. The molecule has 0 spiro atoms. The van der Waals surface area contributed by atoms with E-state index in [0.29, 0.717) is 18.7 Å². The highest BCUT2D eigenvalue weighted by atomic mass is 16.2. The molecule has 2 amide bonds. The molecule has 0 unspecified atom stereocenters. The van der Waals surface area contributed by atoms with Crippen LogP contribution in [0.15, 0.2) is 53.3 Å². The molecule has 0 saturated heterocycles. The highest BCUT2D eigenvalue weighted by Gasteiger charge is 2.12. The van der Waals surface area contributed by atoms with E-state index in [1.807, 2.05) is 50.2 Å². The molecule has 2 aromatic carbocycles. The quantitative estimate of drug-likeness (QED) is 0.601. The summed E-state index contributed by atoms with van der Waals surface area (Å²) in [4.78, 5) is 37.0. The Morgan fingerprint density at radius 2 is 1.80 bits per heavy atom. The van der Waals surface area contributed by atoms with Gasteiger partial charge in [0.1, 0.15) is 0 Å². The molecule has 0 radical (unpaired) electrons. The van der Waals surface area contributed by atoms with Crippen LogP contribution >= 0.6 is 0 Å². The first-order valence-electron chi connectivity index (χ1n) is 10.2. The van der Waals surface area contributed by atoms with E-state index in [0.717, 1.165) is 23.0 Å². The minimum Gasteiger partial charge on any atom is -0.352 e. The SMILES string of the molecule is CC[C@@H](C)NC(=O)c1cccc(CNC(=O)CCn2c(=O)n(C)c3ccccc32)c1. The second-order valence-corrected chi connectivity index (χ2v) is 7.49. The van der Waals surface area contributed by atoms with E-state index in [4.69, 9.17) is 0 Å². The minimum atomic E-state index is -0.149. The Balaban J connectivity index is 1.58. The third-order valence-electron chi connectivity index (χ3n) is 5.28. The zero-order chi connectivity index (χ0) is 21.7. The van der Waals surface area contributed by atoms with Crippen LogP contribution in [0.1, 0.15) is 42.6 Å². The van der Waals surface area contributed by atoms with E-state index in [-0.39, 0.29) is 30.0 Å². The highest BCUT2D eigenvalue weighted by molar-refractivity contribution is 5.94. The van der Waals surface area contributed by atoms with Crippen molar-refractivity contribution >= 4 is 22.8 Å². The van der Waals surface area contributed by atoms with Crippen molar-refractivity contribution in [2.24, 2.45) is 7.05 Å². The van der Waals surface area contributed by atoms with E-state index in [1.165, 1.54) is 0 Å². The zero-order valence-corrected chi connectivity index (χ0v) is 17.6. The van der Waals surface area contributed by atoms with Gasteiger partial charge in [-0.05, 0) is 43.2 Å². The number of carbonyl (C=O) groups excluding carboxylic acids is 2. The molecule has 1 heterocycles. The van der Waals surface area contributed by atoms with Crippen LogP contribution < -0.4 is 16.3 Å². The maximum Gasteiger partial charge on any atom is 0.328 e. The largest absolute Gasteiger partial charge is 0.352 e. The molecule has 1 aromatic heterocycles. The summed E-state index contributed by atoms with van der Waals surface area (Å²) in [6.07, 6.45) is 1.06. The molecule has 158 valence electrons. The van der Waals surface area contributed by atoms with E-state index in [1.54, 1.807) is 28.3 Å². The summed E-state index contributed by atoms with van der Waals surface area (Å²) in [7, 11) is 1.73. The average Bonchev–Trinajstić information content (AvgIpc) is 3.01. The van der Waals surface area contributed by atoms with Gasteiger partial charge in [-0.25, -0.2) is 4.79 Å². The number of carbonyl (C=O) groups is 2. The van der Waals surface area contributed by atoms with Gasteiger partial charge in [-0.3, -0.25) is 18.7 Å². The Morgan fingerprint density at radius 1 is 1.07 bits per heavy atom. The van der Waals surface area contributed by atoms with Crippen molar-refractivity contribution in [1.82, 2.24) is 19.8 Å². The lowest BCUT2D eigenvalue weighted by atomic mass is 10.1. The van der Waals surface area contributed by atoms with E-state index in [2.05, 4.69) is 10.6 Å². The summed E-state index contributed by atoms with van der Waals surface area (Å²) in [5.74, 6) is -0.267. The number of nitrogens with one attached hydrogen (secondary N) is 2. The molecule has 0 aliphatic rings. The second kappa shape index (κ2) is 9.43. The highest BCUT2D eigenvalue weighted by Crippen LogP contribution is 2.12. The minimum absolute atomic E-state index is 0.110. The normalized spacial score (nSPS) is 12.0. The van der Waals surface area contributed by atoms with Crippen LogP contribution in [0, 0.1) is 0 Å². The third-order valence-corrected chi connectivity index (χ3v) is 5.28. The Kier molecular flexibility index (Phi) is 6.72. The van der Waals surface area contributed by atoms with Gasteiger partial charge in [0.2, 0.25) is 5.91 Å². The molecule has 0 aliphatic heterocycles. The summed E-state index contributed by atoms with van der Waals surface area (Å²) >= 11 is 0.